The standard InChI is InChI=1S/C23H15F6NO5/c1-33-21(31)13-6-3-4-9-30(18(13)22(32)34-2)17-8-5-7-14(24)20(17)35-19-15(25)10-12(11-16(19)26)23(27,28)29/h3-11H,1-2H3. The SMILES string of the molecule is COC(=O)C1=C(C(=O)OC)N(c2cccc(F)c2Oc2c(F)cc(C(F)(F)F)cc2F)C=CC=C1. The molecule has 0 radical (unpaired) electrons. The van der Waals surface area contributed by atoms with Crippen molar-refractivity contribution in [2.75, 3.05) is 19.1 Å². The number of carbonyl (C=O) groups excluding carboxylic acids is 2. The molecule has 0 amide bonds. The molecule has 0 spiro atoms. The van der Waals surface area contributed by atoms with Crippen molar-refractivity contribution >= 4 is 17.6 Å². The summed E-state index contributed by atoms with van der Waals surface area (Å²) >= 11 is 0. The van der Waals surface area contributed by atoms with Crippen molar-refractivity contribution in [1.29, 1.82) is 0 Å². The van der Waals surface area contributed by atoms with Crippen LogP contribution in [-0.2, 0) is 25.2 Å². The van der Waals surface area contributed by atoms with E-state index >= 15 is 0 Å². The second-order valence-electron chi connectivity index (χ2n) is 6.77. The molecule has 0 atom stereocenters. The predicted molar refractivity (Wildman–Crippen MR) is 110 cm³/mol. The molecule has 0 aromatic heterocycles. The van der Waals surface area contributed by atoms with Gasteiger partial charge in [0.1, 0.15) is 5.70 Å². The normalized spacial score (nSPS) is 13.5. The molecule has 0 unspecified atom stereocenters. The Hall–Kier alpha value is -4.22. The third-order valence-corrected chi connectivity index (χ3v) is 4.62. The Morgan fingerprint density at radius 2 is 1.49 bits per heavy atom. The smallest absolute Gasteiger partial charge is 0.416 e. The molecule has 3 rings (SSSR count). The summed E-state index contributed by atoms with van der Waals surface area (Å²) in [5, 5.41) is 0. The average molecular weight is 499 g/mol. The molecule has 0 fully saturated rings. The highest BCUT2D eigenvalue weighted by atomic mass is 19.4. The Kier molecular flexibility index (Phi) is 7.22. The van der Waals surface area contributed by atoms with E-state index in [1.807, 2.05) is 0 Å². The number of benzene rings is 2. The summed E-state index contributed by atoms with van der Waals surface area (Å²) in [6, 6.07) is 3.16. The van der Waals surface area contributed by atoms with E-state index in [2.05, 4.69) is 4.74 Å². The number of esters is 2. The summed E-state index contributed by atoms with van der Waals surface area (Å²) < 4.78 is 96.6. The number of allylic oxidation sites excluding steroid dienone is 2. The van der Waals surface area contributed by atoms with Crippen LogP contribution in [0.25, 0.3) is 0 Å². The van der Waals surface area contributed by atoms with Crippen LogP contribution in [-0.4, -0.2) is 26.2 Å². The minimum Gasteiger partial charge on any atom is -0.465 e. The van der Waals surface area contributed by atoms with Crippen LogP contribution in [0.1, 0.15) is 5.56 Å². The van der Waals surface area contributed by atoms with Gasteiger partial charge in [-0.25, -0.2) is 22.8 Å². The Morgan fingerprint density at radius 1 is 0.857 bits per heavy atom. The van der Waals surface area contributed by atoms with Crippen LogP contribution >= 0.6 is 0 Å². The summed E-state index contributed by atoms with van der Waals surface area (Å²) in [5.74, 6) is -8.90. The van der Waals surface area contributed by atoms with Crippen LogP contribution in [0.15, 0.2) is 66.0 Å². The number of halogens is 6. The number of alkyl halides is 3. The predicted octanol–water partition coefficient (Wildman–Crippen LogP) is 5.41. The number of methoxy groups -OCH3 is 2. The zero-order valence-corrected chi connectivity index (χ0v) is 18.0. The number of hydrogen-bond acceptors (Lipinski definition) is 6. The lowest BCUT2D eigenvalue weighted by Crippen LogP contribution is -2.27. The maximum atomic E-state index is 14.8. The van der Waals surface area contributed by atoms with Gasteiger partial charge in [0, 0.05) is 6.20 Å². The fourth-order valence-electron chi connectivity index (χ4n) is 3.06. The topological polar surface area (TPSA) is 65.1 Å². The molecular formula is C23H15F6NO5. The van der Waals surface area contributed by atoms with Gasteiger partial charge in [-0.2, -0.15) is 13.2 Å². The molecule has 2 aromatic rings. The van der Waals surface area contributed by atoms with Crippen LogP contribution in [0.2, 0.25) is 0 Å². The van der Waals surface area contributed by atoms with Gasteiger partial charge in [0.15, 0.2) is 29.0 Å². The first kappa shape index (κ1) is 25.4. The zero-order chi connectivity index (χ0) is 25.9. The largest absolute Gasteiger partial charge is 0.465 e. The first-order valence-electron chi connectivity index (χ1n) is 9.57. The fraction of sp³-hybridized carbons (Fsp3) is 0.130. The van der Waals surface area contributed by atoms with Crippen molar-refractivity contribution in [1.82, 2.24) is 0 Å². The number of rotatable bonds is 5. The highest BCUT2D eigenvalue weighted by Crippen LogP contribution is 2.41. The lowest BCUT2D eigenvalue weighted by Gasteiger charge is -2.25. The van der Waals surface area contributed by atoms with Crippen molar-refractivity contribution in [3.05, 3.63) is 89.0 Å². The molecule has 0 N–H and O–H groups in total. The number of hydrogen-bond donors (Lipinski definition) is 0. The molecule has 1 aliphatic rings. The second kappa shape index (κ2) is 9.95. The number of ether oxygens (including phenoxy) is 3. The fourth-order valence-corrected chi connectivity index (χ4v) is 3.06. The second-order valence-corrected chi connectivity index (χ2v) is 6.77. The van der Waals surface area contributed by atoms with Crippen molar-refractivity contribution in [3.8, 4) is 11.5 Å². The summed E-state index contributed by atoms with van der Waals surface area (Å²) in [4.78, 5) is 25.8. The maximum absolute atomic E-state index is 14.8. The summed E-state index contributed by atoms with van der Waals surface area (Å²) in [7, 11) is 2.06. The third kappa shape index (κ3) is 5.15. The van der Waals surface area contributed by atoms with Crippen molar-refractivity contribution < 1.29 is 50.1 Å². The van der Waals surface area contributed by atoms with Gasteiger partial charge in [0.25, 0.3) is 0 Å². The average Bonchev–Trinajstić information content (AvgIpc) is 3.03. The zero-order valence-electron chi connectivity index (χ0n) is 18.0. The van der Waals surface area contributed by atoms with E-state index in [0.29, 0.717) is 0 Å². The number of carbonyl (C=O) groups is 2. The molecule has 1 heterocycles. The van der Waals surface area contributed by atoms with Gasteiger partial charge in [-0.05, 0) is 36.4 Å². The van der Waals surface area contributed by atoms with Crippen molar-refractivity contribution in [2.45, 2.75) is 6.18 Å². The molecule has 0 aliphatic carbocycles. The van der Waals surface area contributed by atoms with Crippen molar-refractivity contribution in [3.63, 3.8) is 0 Å². The molecule has 12 heteroatoms. The van der Waals surface area contributed by atoms with Gasteiger partial charge in [0.05, 0.1) is 31.0 Å². The summed E-state index contributed by atoms with van der Waals surface area (Å²) in [5.41, 5.74) is -2.74. The number of para-hydroxylation sites is 1. The Labute approximate surface area is 194 Å². The molecule has 0 saturated carbocycles. The molecule has 35 heavy (non-hydrogen) atoms. The van der Waals surface area contributed by atoms with E-state index in [0.717, 1.165) is 31.3 Å². The van der Waals surface area contributed by atoms with Crippen LogP contribution in [0.5, 0.6) is 11.5 Å². The molecule has 2 aromatic carbocycles. The van der Waals surface area contributed by atoms with Crippen molar-refractivity contribution in [2.24, 2.45) is 0 Å². The van der Waals surface area contributed by atoms with Crippen LogP contribution in [0, 0.1) is 17.5 Å². The highest BCUT2D eigenvalue weighted by molar-refractivity contribution is 6.05. The van der Waals surface area contributed by atoms with Gasteiger partial charge in [-0.15, -0.1) is 0 Å². The van der Waals surface area contributed by atoms with Gasteiger partial charge >= 0.3 is 18.1 Å². The number of anilines is 1. The van der Waals surface area contributed by atoms with E-state index in [1.54, 1.807) is 0 Å². The molecule has 0 bridgehead atoms. The molecule has 1 aliphatic heterocycles. The third-order valence-electron chi connectivity index (χ3n) is 4.62. The monoisotopic (exact) mass is 499 g/mol. The minimum absolute atomic E-state index is 0.0101. The molecule has 0 saturated heterocycles. The molecular weight excluding hydrogens is 484 g/mol. The van der Waals surface area contributed by atoms with Gasteiger partial charge < -0.3 is 19.1 Å². The summed E-state index contributed by atoms with van der Waals surface area (Å²) in [6.07, 6.45) is 0.0538. The maximum Gasteiger partial charge on any atom is 0.416 e. The van der Waals surface area contributed by atoms with E-state index in [4.69, 9.17) is 9.47 Å². The lowest BCUT2D eigenvalue weighted by atomic mass is 10.1. The molecule has 184 valence electrons. The Morgan fingerprint density at radius 3 is 2.06 bits per heavy atom. The van der Waals surface area contributed by atoms with E-state index in [9.17, 15) is 35.9 Å². The number of nitrogens with zero attached hydrogens (tertiary/aromatic N) is 1. The van der Waals surface area contributed by atoms with E-state index in [1.165, 1.54) is 30.5 Å². The Balaban J connectivity index is 2.20. The first-order chi connectivity index (χ1) is 16.5. The van der Waals surface area contributed by atoms with Crippen LogP contribution < -0.4 is 9.64 Å². The lowest BCUT2D eigenvalue weighted by molar-refractivity contribution is -0.139. The Bertz CT molecular complexity index is 1240. The van der Waals surface area contributed by atoms with E-state index < -0.39 is 58.3 Å². The highest BCUT2D eigenvalue weighted by Gasteiger charge is 2.34. The minimum atomic E-state index is -5.04. The van der Waals surface area contributed by atoms with Gasteiger partial charge in [-0.1, -0.05) is 12.1 Å². The summed E-state index contributed by atoms with van der Waals surface area (Å²) in [6.45, 7) is 0. The van der Waals surface area contributed by atoms with Crippen LogP contribution in [0.3, 0.4) is 0 Å². The van der Waals surface area contributed by atoms with Gasteiger partial charge in [-0.3, -0.25) is 0 Å². The van der Waals surface area contributed by atoms with Crippen LogP contribution in [0.4, 0.5) is 32.0 Å². The first-order valence-corrected chi connectivity index (χ1v) is 9.57. The quantitative estimate of drug-likeness (QED) is 0.405. The van der Waals surface area contributed by atoms with Gasteiger partial charge in [0.2, 0.25) is 0 Å². The molecule has 6 nitrogen and oxygen atoms in total. The van der Waals surface area contributed by atoms with E-state index in [-0.39, 0.29) is 23.4 Å².